The maximum absolute atomic E-state index is 8.92. The van der Waals surface area contributed by atoms with Gasteiger partial charge in [0.05, 0.1) is 0 Å². The fraction of sp³-hybridized carbons (Fsp3) is 0.600. The minimum Gasteiger partial charge on any atom is -0.396 e. The van der Waals surface area contributed by atoms with Crippen molar-refractivity contribution in [2.75, 3.05) is 19.7 Å². The van der Waals surface area contributed by atoms with Crippen molar-refractivity contribution in [3.8, 4) is 0 Å². The Balaban J connectivity index is 1.59. The lowest BCUT2D eigenvalue weighted by molar-refractivity contribution is 0.228. The van der Waals surface area contributed by atoms with Crippen LogP contribution in [0.15, 0.2) is 24.3 Å². The van der Waals surface area contributed by atoms with Crippen LogP contribution in [0, 0.1) is 5.92 Å². The van der Waals surface area contributed by atoms with Gasteiger partial charge in [-0.25, -0.2) is 0 Å². The third-order valence-corrected chi connectivity index (χ3v) is 3.71. The first kappa shape index (κ1) is 12.6. The lowest BCUT2D eigenvalue weighted by Gasteiger charge is -2.30. The van der Waals surface area contributed by atoms with E-state index >= 15 is 0 Å². The fourth-order valence-corrected chi connectivity index (χ4v) is 2.49. The normalized spacial score (nSPS) is 19.5. The number of hydrogen-bond donors (Lipinski definition) is 2. The van der Waals surface area contributed by atoms with Crippen LogP contribution in [0.5, 0.6) is 0 Å². The molecule has 0 heterocycles. The van der Waals surface area contributed by atoms with Crippen molar-refractivity contribution in [1.29, 1.82) is 0 Å². The molecule has 0 saturated carbocycles. The molecule has 0 amide bonds. The second-order valence-corrected chi connectivity index (χ2v) is 5.23. The summed E-state index contributed by atoms with van der Waals surface area (Å²) in [4.78, 5) is 0. The van der Waals surface area contributed by atoms with E-state index in [1.807, 2.05) is 0 Å². The van der Waals surface area contributed by atoms with Gasteiger partial charge in [0.1, 0.15) is 0 Å². The Bertz CT molecular complexity index is 351. The van der Waals surface area contributed by atoms with Gasteiger partial charge in [-0.3, -0.25) is 0 Å². The Hall–Kier alpha value is -0.860. The van der Waals surface area contributed by atoms with Crippen molar-refractivity contribution in [1.82, 2.24) is 5.32 Å². The lowest BCUT2D eigenvalue weighted by atomic mass is 9.77. The third-order valence-electron chi connectivity index (χ3n) is 3.71. The molecule has 0 saturated heterocycles. The maximum atomic E-state index is 8.92. The first-order valence-electron chi connectivity index (χ1n) is 6.70. The highest BCUT2D eigenvalue weighted by molar-refractivity contribution is 5.40. The van der Waals surface area contributed by atoms with Crippen LogP contribution < -0.4 is 5.32 Å². The van der Waals surface area contributed by atoms with E-state index < -0.39 is 0 Å². The highest BCUT2D eigenvalue weighted by atomic mass is 16.3. The van der Waals surface area contributed by atoms with Crippen LogP contribution in [0.2, 0.25) is 0 Å². The standard InChI is InChI=1S/C15H23NO/c1-12(11-17)5-4-8-16-10-14-9-13-6-2-3-7-15(13)14/h2-3,6-7,12,14,16-17H,4-5,8-11H2,1H3. The molecule has 0 spiro atoms. The molecule has 1 aromatic carbocycles. The van der Waals surface area contributed by atoms with Gasteiger partial charge in [0, 0.05) is 19.1 Å². The summed E-state index contributed by atoms with van der Waals surface area (Å²) in [5, 5.41) is 12.4. The molecule has 1 aliphatic carbocycles. The zero-order chi connectivity index (χ0) is 12.1. The fourth-order valence-electron chi connectivity index (χ4n) is 2.49. The molecule has 2 atom stereocenters. The van der Waals surface area contributed by atoms with Crippen LogP contribution in [-0.2, 0) is 6.42 Å². The highest BCUT2D eigenvalue weighted by Gasteiger charge is 2.24. The number of nitrogens with one attached hydrogen (secondary N) is 1. The van der Waals surface area contributed by atoms with Gasteiger partial charge in [0.2, 0.25) is 0 Å². The van der Waals surface area contributed by atoms with Gasteiger partial charge in [0.15, 0.2) is 0 Å². The molecule has 0 radical (unpaired) electrons. The Kier molecular flexibility index (Phi) is 4.57. The van der Waals surface area contributed by atoms with E-state index in [1.54, 1.807) is 0 Å². The van der Waals surface area contributed by atoms with E-state index in [9.17, 15) is 0 Å². The summed E-state index contributed by atoms with van der Waals surface area (Å²) in [7, 11) is 0. The minimum absolute atomic E-state index is 0.315. The van der Waals surface area contributed by atoms with Crippen LogP contribution in [0.25, 0.3) is 0 Å². The van der Waals surface area contributed by atoms with E-state index in [1.165, 1.54) is 17.5 Å². The average Bonchev–Trinajstić information content (AvgIpc) is 2.33. The highest BCUT2D eigenvalue weighted by Crippen LogP contribution is 2.33. The van der Waals surface area contributed by atoms with Gasteiger partial charge in [-0.15, -0.1) is 0 Å². The number of rotatable bonds is 7. The van der Waals surface area contributed by atoms with Gasteiger partial charge in [-0.2, -0.15) is 0 Å². The topological polar surface area (TPSA) is 32.3 Å². The van der Waals surface area contributed by atoms with Crippen molar-refractivity contribution in [3.05, 3.63) is 35.4 Å². The van der Waals surface area contributed by atoms with Gasteiger partial charge in [-0.1, -0.05) is 31.2 Å². The molecule has 0 aromatic heterocycles. The first-order chi connectivity index (χ1) is 8.31. The summed E-state index contributed by atoms with van der Waals surface area (Å²) < 4.78 is 0. The number of aliphatic hydroxyl groups is 1. The third kappa shape index (κ3) is 3.30. The summed E-state index contributed by atoms with van der Waals surface area (Å²) in [5.41, 5.74) is 3.05. The molecule has 2 nitrogen and oxygen atoms in total. The lowest BCUT2D eigenvalue weighted by Crippen LogP contribution is -2.29. The van der Waals surface area contributed by atoms with E-state index in [0.29, 0.717) is 12.5 Å². The summed E-state index contributed by atoms with van der Waals surface area (Å²) in [5.74, 6) is 1.17. The molecule has 0 fully saturated rings. The van der Waals surface area contributed by atoms with Gasteiger partial charge < -0.3 is 10.4 Å². The number of benzene rings is 1. The second kappa shape index (κ2) is 6.18. The molecule has 0 aliphatic heterocycles. The summed E-state index contributed by atoms with van der Waals surface area (Å²) in [6.45, 7) is 4.59. The van der Waals surface area contributed by atoms with Gasteiger partial charge in [-0.05, 0) is 42.9 Å². The van der Waals surface area contributed by atoms with Crippen LogP contribution in [0.1, 0.15) is 36.8 Å². The van der Waals surface area contributed by atoms with Crippen molar-refractivity contribution >= 4 is 0 Å². The summed E-state index contributed by atoms with van der Waals surface area (Å²) in [6.07, 6.45) is 3.51. The molecule has 1 aliphatic rings. The molecule has 2 rings (SSSR count). The molecule has 2 unspecified atom stereocenters. The molecular formula is C15H23NO. The van der Waals surface area contributed by atoms with Crippen LogP contribution in [0.4, 0.5) is 0 Å². The first-order valence-corrected chi connectivity index (χ1v) is 6.70. The minimum atomic E-state index is 0.315. The van der Waals surface area contributed by atoms with Crippen LogP contribution in [-0.4, -0.2) is 24.8 Å². The Morgan fingerprint density at radius 1 is 1.41 bits per heavy atom. The quantitative estimate of drug-likeness (QED) is 0.708. The van der Waals surface area contributed by atoms with Gasteiger partial charge in [0.25, 0.3) is 0 Å². The zero-order valence-electron chi connectivity index (χ0n) is 10.7. The number of hydrogen-bond acceptors (Lipinski definition) is 2. The molecule has 2 N–H and O–H groups in total. The average molecular weight is 233 g/mol. The molecule has 0 bridgehead atoms. The van der Waals surface area contributed by atoms with Crippen molar-refractivity contribution in [2.45, 2.75) is 32.1 Å². The Labute approximate surface area is 104 Å². The van der Waals surface area contributed by atoms with Crippen molar-refractivity contribution in [2.24, 2.45) is 5.92 Å². The van der Waals surface area contributed by atoms with Crippen LogP contribution >= 0.6 is 0 Å². The summed E-state index contributed by atoms with van der Waals surface area (Å²) >= 11 is 0. The largest absolute Gasteiger partial charge is 0.396 e. The van der Waals surface area contributed by atoms with Crippen LogP contribution in [0.3, 0.4) is 0 Å². The molecule has 94 valence electrons. The second-order valence-electron chi connectivity index (χ2n) is 5.23. The summed E-state index contributed by atoms with van der Waals surface area (Å²) in [6, 6.07) is 8.74. The molecule has 17 heavy (non-hydrogen) atoms. The van der Waals surface area contributed by atoms with E-state index in [0.717, 1.165) is 31.8 Å². The van der Waals surface area contributed by atoms with Crippen molar-refractivity contribution in [3.63, 3.8) is 0 Å². The Morgan fingerprint density at radius 3 is 3.00 bits per heavy atom. The van der Waals surface area contributed by atoms with Crippen molar-refractivity contribution < 1.29 is 5.11 Å². The van der Waals surface area contributed by atoms with E-state index in [2.05, 4.69) is 36.5 Å². The van der Waals surface area contributed by atoms with Gasteiger partial charge >= 0.3 is 0 Å². The van der Waals surface area contributed by atoms with E-state index in [4.69, 9.17) is 5.11 Å². The number of aliphatic hydroxyl groups excluding tert-OH is 1. The smallest absolute Gasteiger partial charge is 0.0456 e. The van der Waals surface area contributed by atoms with E-state index in [-0.39, 0.29) is 0 Å². The molecule has 2 heteroatoms. The predicted molar refractivity (Wildman–Crippen MR) is 71.2 cm³/mol. The molecule has 1 aromatic rings. The Morgan fingerprint density at radius 2 is 2.24 bits per heavy atom. The predicted octanol–water partition coefficient (Wildman–Crippen LogP) is 2.32. The SMILES string of the molecule is CC(CO)CCCNCC1Cc2ccccc21. The zero-order valence-corrected chi connectivity index (χ0v) is 10.7. The maximum Gasteiger partial charge on any atom is 0.0456 e. The monoisotopic (exact) mass is 233 g/mol. The molecular weight excluding hydrogens is 210 g/mol. The number of fused-ring (bicyclic) bond motifs is 1.